The molecule has 1 saturated heterocycles. The van der Waals surface area contributed by atoms with Gasteiger partial charge in [-0.3, -0.25) is 9.48 Å². The summed E-state index contributed by atoms with van der Waals surface area (Å²) in [6.45, 7) is 3.61. The van der Waals surface area contributed by atoms with E-state index in [1.54, 1.807) is 6.20 Å². The summed E-state index contributed by atoms with van der Waals surface area (Å²) in [4.78, 5) is 12.6. The van der Waals surface area contributed by atoms with Crippen molar-refractivity contribution in [1.29, 1.82) is 0 Å². The van der Waals surface area contributed by atoms with Crippen molar-refractivity contribution in [3.8, 4) is 0 Å². The highest BCUT2D eigenvalue weighted by atomic mass is 16.5. The van der Waals surface area contributed by atoms with Crippen molar-refractivity contribution in [3.63, 3.8) is 0 Å². The van der Waals surface area contributed by atoms with Crippen LogP contribution in [0.5, 0.6) is 0 Å². The van der Waals surface area contributed by atoms with Gasteiger partial charge in [-0.2, -0.15) is 5.10 Å². The molecule has 0 aliphatic carbocycles. The van der Waals surface area contributed by atoms with E-state index in [4.69, 9.17) is 4.74 Å². The normalized spacial score (nSPS) is 19.0. The molecule has 0 bridgehead atoms. The van der Waals surface area contributed by atoms with E-state index < -0.39 is 0 Å². The first-order valence-electron chi connectivity index (χ1n) is 8.76. The maximum absolute atomic E-state index is 12.6. The lowest BCUT2D eigenvalue weighted by molar-refractivity contribution is -0.117. The van der Waals surface area contributed by atoms with Gasteiger partial charge in [-0.25, -0.2) is 0 Å². The van der Waals surface area contributed by atoms with Gasteiger partial charge in [-0.1, -0.05) is 37.3 Å². The maximum atomic E-state index is 12.6. The van der Waals surface area contributed by atoms with Gasteiger partial charge in [0.05, 0.1) is 30.5 Å². The summed E-state index contributed by atoms with van der Waals surface area (Å²) in [6.07, 6.45) is 8.02. The van der Waals surface area contributed by atoms with Crippen LogP contribution in [0.15, 0.2) is 42.7 Å². The molecule has 0 spiro atoms. The minimum Gasteiger partial charge on any atom is -0.376 e. The van der Waals surface area contributed by atoms with E-state index in [0.29, 0.717) is 0 Å². The summed E-state index contributed by atoms with van der Waals surface area (Å²) >= 11 is 0. The zero-order valence-electron chi connectivity index (χ0n) is 14.1. The summed E-state index contributed by atoms with van der Waals surface area (Å²) in [6, 6.07) is 9.89. The highest BCUT2D eigenvalue weighted by molar-refractivity contribution is 5.95. The lowest BCUT2D eigenvalue weighted by atomic mass is 9.96. The summed E-state index contributed by atoms with van der Waals surface area (Å²) in [5, 5.41) is 7.33. The van der Waals surface area contributed by atoms with Crippen LogP contribution in [0.4, 0.5) is 5.69 Å². The van der Waals surface area contributed by atoms with Crippen molar-refractivity contribution in [3.05, 3.63) is 48.3 Å². The summed E-state index contributed by atoms with van der Waals surface area (Å²) < 4.78 is 7.59. The van der Waals surface area contributed by atoms with Gasteiger partial charge in [0.2, 0.25) is 5.91 Å². The Balaban J connectivity index is 1.60. The SMILES string of the molecule is CC[C@@H](C(=O)Nc1cnn(C[C@H]2CCCCO2)c1)c1ccccc1. The molecular weight excluding hydrogens is 302 g/mol. The van der Waals surface area contributed by atoms with Crippen molar-refractivity contribution in [2.75, 3.05) is 11.9 Å². The molecule has 0 radical (unpaired) electrons. The standard InChI is InChI=1S/C19H25N3O2/c1-2-18(15-8-4-3-5-9-15)19(23)21-16-12-20-22(13-16)14-17-10-6-7-11-24-17/h3-5,8-9,12-13,17-18H,2,6-7,10-11,14H2,1H3,(H,21,23)/t17-,18-/m1/s1. The second-order valence-corrected chi connectivity index (χ2v) is 6.30. The number of ether oxygens (including phenoxy) is 1. The Morgan fingerprint density at radius 1 is 1.38 bits per heavy atom. The maximum Gasteiger partial charge on any atom is 0.231 e. The van der Waals surface area contributed by atoms with Gasteiger partial charge >= 0.3 is 0 Å². The monoisotopic (exact) mass is 327 g/mol. The summed E-state index contributed by atoms with van der Waals surface area (Å²) in [5.41, 5.74) is 1.78. The van der Waals surface area contributed by atoms with E-state index in [-0.39, 0.29) is 17.9 Å². The molecule has 1 aliphatic heterocycles. The average Bonchev–Trinajstić information content (AvgIpc) is 3.04. The van der Waals surface area contributed by atoms with Gasteiger partial charge in [0.25, 0.3) is 0 Å². The zero-order chi connectivity index (χ0) is 16.8. The van der Waals surface area contributed by atoms with E-state index in [1.165, 1.54) is 6.42 Å². The van der Waals surface area contributed by atoms with E-state index in [1.807, 2.05) is 48.1 Å². The molecule has 1 N–H and O–H groups in total. The molecule has 5 heteroatoms. The number of aromatic nitrogens is 2. The number of anilines is 1. The van der Waals surface area contributed by atoms with Crippen LogP contribution in [-0.4, -0.2) is 28.4 Å². The third kappa shape index (κ3) is 4.23. The number of hydrogen-bond donors (Lipinski definition) is 1. The van der Waals surface area contributed by atoms with Crippen LogP contribution < -0.4 is 5.32 Å². The molecule has 2 atom stereocenters. The third-order valence-electron chi connectivity index (χ3n) is 4.49. The molecule has 128 valence electrons. The van der Waals surface area contributed by atoms with Gasteiger partial charge in [-0.15, -0.1) is 0 Å². The van der Waals surface area contributed by atoms with Gasteiger partial charge in [0.1, 0.15) is 0 Å². The van der Waals surface area contributed by atoms with Crippen LogP contribution in [0.1, 0.15) is 44.1 Å². The Kier molecular flexibility index (Phi) is 5.64. The smallest absolute Gasteiger partial charge is 0.231 e. The van der Waals surface area contributed by atoms with Crippen molar-refractivity contribution >= 4 is 11.6 Å². The highest BCUT2D eigenvalue weighted by Gasteiger charge is 2.19. The molecule has 2 heterocycles. The number of amides is 1. The molecule has 1 aromatic carbocycles. The van der Waals surface area contributed by atoms with Crippen molar-refractivity contribution < 1.29 is 9.53 Å². The predicted molar refractivity (Wildman–Crippen MR) is 93.9 cm³/mol. The van der Waals surface area contributed by atoms with E-state index >= 15 is 0 Å². The van der Waals surface area contributed by atoms with E-state index in [0.717, 1.165) is 43.7 Å². The Morgan fingerprint density at radius 3 is 2.92 bits per heavy atom. The first-order valence-corrected chi connectivity index (χ1v) is 8.76. The lowest BCUT2D eigenvalue weighted by Gasteiger charge is -2.22. The number of carbonyl (C=O) groups excluding carboxylic acids is 1. The van der Waals surface area contributed by atoms with Crippen molar-refractivity contribution in [2.45, 2.75) is 51.2 Å². The van der Waals surface area contributed by atoms with Gasteiger partial charge in [0, 0.05) is 12.8 Å². The molecule has 1 fully saturated rings. The minimum absolute atomic E-state index is 0.0113. The van der Waals surface area contributed by atoms with Gasteiger partial charge in [0.15, 0.2) is 0 Å². The molecule has 1 amide bonds. The topological polar surface area (TPSA) is 56.2 Å². The second kappa shape index (κ2) is 8.11. The van der Waals surface area contributed by atoms with Crippen LogP contribution in [0.25, 0.3) is 0 Å². The van der Waals surface area contributed by atoms with Crippen LogP contribution in [0.3, 0.4) is 0 Å². The molecule has 24 heavy (non-hydrogen) atoms. The van der Waals surface area contributed by atoms with E-state index in [2.05, 4.69) is 10.4 Å². The molecular formula is C19H25N3O2. The van der Waals surface area contributed by atoms with Gasteiger partial charge < -0.3 is 10.1 Å². The number of nitrogens with one attached hydrogen (secondary N) is 1. The van der Waals surface area contributed by atoms with Crippen LogP contribution in [-0.2, 0) is 16.1 Å². The zero-order valence-corrected chi connectivity index (χ0v) is 14.1. The number of benzene rings is 1. The molecule has 1 aliphatic rings. The Labute approximate surface area is 143 Å². The lowest BCUT2D eigenvalue weighted by Crippen LogP contribution is -2.24. The molecule has 0 saturated carbocycles. The van der Waals surface area contributed by atoms with Crippen molar-refractivity contribution in [2.24, 2.45) is 0 Å². The predicted octanol–water partition coefficient (Wildman–Crippen LogP) is 3.58. The Morgan fingerprint density at radius 2 is 2.21 bits per heavy atom. The molecule has 5 nitrogen and oxygen atoms in total. The fourth-order valence-corrected chi connectivity index (χ4v) is 3.18. The summed E-state index contributed by atoms with van der Waals surface area (Å²) in [7, 11) is 0. The number of nitrogens with zero attached hydrogens (tertiary/aromatic N) is 2. The van der Waals surface area contributed by atoms with Crippen LogP contribution in [0, 0.1) is 0 Å². The number of hydrogen-bond acceptors (Lipinski definition) is 3. The van der Waals surface area contributed by atoms with Crippen molar-refractivity contribution in [1.82, 2.24) is 9.78 Å². The Hall–Kier alpha value is -2.14. The molecule has 2 aromatic rings. The molecule has 0 unspecified atom stereocenters. The fraction of sp³-hybridized carbons (Fsp3) is 0.474. The quantitative estimate of drug-likeness (QED) is 0.882. The third-order valence-corrected chi connectivity index (χ3v) is 4.49. The first kappa shape index (κ1) is 16.7. The largest absolute Gasteiger partial charge is 0.376 e. The number of carbonyl (C=O) groups is 1. The first-order chi connectivity index (χ1) is 11.8. The van der Waals surface area contributed by atoms with Gasteiger partial charge in [-0.05, 0) is 31.2 Å². The molecule has 3 rings (SSSR count). The second-order valence-electron chi connectivity index (χ2n) is 6.30. The Bertz CT molecular complexity index is 648. The highest BCUT2D eigenvalue weighted by Crippen LogP contribution is 2.21. The number of rotatable bonds is 6. The van der Waals surface area contributed by atoms with Crippen LogP contribution in [0.2, 0.25) is 0 Å². The summed E-state index contributed by atoms with van der Waals surface area (Å²) in [5.74, 6) is -0.131. The fourth-order valence-electron chi connectivity index (χ4n) is 3.18. The van der Waals surface area contributed by atoms with E-state index in [9.17, 15) is 4.79 Å². The molecule has 1 aromatic heterocycles. The van der Waals surface area contributed by atoms with Crippen LogP contribution >= 0.6 is 0 Å². The minimum atomic E-state index is -0.142. The average molecular weight is 327 g/mol.